The molecule has 0 fully saturated rings. The number of rotatable bonds is 5. The molecule has 0 aromatic carbocycles. The van der Waals surface area contributed by atoms with Gasteiger partial charge in [0.05, 0.1) is 18.5 Å². The number of aromatic nitrogens is 4. The van der Waals surface area contributed by atoms with Crippen molar-refractivity contribution < 1.29 is 5.11 Å². The molecule has 0 bridgehead atoms. The van der Waals surface area contributed by atoms with Crippen LogP contribution in [0.5, 0.6) is 0 Å². The molecule has 21 heavy (non-hydrogen) atoms. The van der Waals surface area contributed by atoms with Gasteiger partial charge in [-0.2, -0.15) is 0 Å². The van der Waals surface area contributed by atoms with Crippen LogP contribution in [0.25, 0.3) is 11.2 Å². The highest BCUT2D eigenvalue weighted by molar-refractivity contribution is 7.99. The summed E-state index contributed by atoms with van der Waals surface area (Å²) in [6, 6.07) is 0.0767. The van der Waals surface area contributed by atoms with Crippen molar-refractivity contribution in [3.8, 4) is 0 Å². The monoisotopic (exact) mass is 305 g/mol. The minimum absolute atomic E-state index is 0.0767. The molecule has 2 heterocycles. The number of imidazole rings is 1. The van der Waals surface area contributed by atoms with Crippen LogP contribution in [0.4, 0.5) is 5.82 Å². The zero-order valence-corrected chi connectivity index (χ0v) is 12.8. The van der Waals surface area contributed by atoms with Crippen molar-refractivity contribution in [2.75, 3.05) is 11.5 Å². The Balaban J connectivity index is 1.93. The molecule has 2 atom stereocenters. The Morgan fingerprint density at radius 2 is 2.29 bits per heavy atom. The minimum Gasteiger partial charge on any atom is -0.389 e. The van der Waals surface area contributed by atoms with E-state index in [0.717, 1.165) is 24.2 Å². The number of thioether (sulfide) groups is 1. The van der Waals surface area contributed by atoms with Gasteiger partial charge >= 0.3 is 0 Å². The summed E-state index contributed by atoms with van der Waals surface area (Å²) in [4.78, 5) is 13.2. The van der Waals surface area contributed by atoms with Gasteiger partial charge in [0.1, 0.15) is 5.52 Å². The van der Waals surface area contributed by atoms with Crippen LogP contribution < -0.4 is 5.73 Å². The summed E-state index contributed by atoms with van der Waals surface area (Å²) < 4.78 is 1.96. The van der Waals surface area contributed by atoms with Gasteiger partial charge in [0, 0.05) is 12.2 Å². The van der Waals surface area contributed by atoms with Crippen LogP contribution in [0, 0.1) is 0 Å². The van der Waals surface area contributed by atoms with Crippen molar-refractivity contribution in [2.45, 2.75) is 43.5 Å². The largest absolute Gasteiger partial charge is 0.389 e. The maximum Gasteiger partial charge on any atom is 0.191 e. The number of unbranched alkanes of at least 4 members (excludes halogenated alkanes) is 1. The Labute approximate surface area is 127 Å². The fourth-order valence-electron chi connectivity index (χ4n) is 2.40. The summed E-state index contributed by atoms with van der Waals surface area (Å²) in [6.45, 7) is 2.16. The summed E-state index contributed by atoms with van der Waals surface area (Å²) in [7, 11) is 0. The zero-order chi connectivity index (χ0) is 14.8. The van der Waals surface area contributed by atoms with Crippen molar-refractivity contribution in [2.24, 2.45) is 0 Å². The first-order valence-corrected chi connectivity index (χ1v) is 8.17. The molecule has 2 aromatic heterocycles. The van der Waals surface area contributed by atoms with Crippen molar-refractivity contribution in [3.05, 3.63) is 18.5 Å². The van der Waals surface area contributed by atoms with Crippen molar-refractivity contribution in [3.63, 3.8) is 0 Å². The van der Waals surface area contributed by atoms with E-state index in [0.29, 0.717) is 22.9 Å². The van der Waals surface area contributed by atoms with E-state index in [1.165, 1.54) is 0 Å². The van der Waals surface area contributed by atoms with Crippen molar-refractivity contribution >= 4 is 28.7 Å². The number of aliphatic hydroxyl groups excluding tert-OH is 1. The molecule has 0 saturated heterocycles. The number of anilines is 1. The number of allylic oxidation sites excluding steroid dienone is 1. The Bertz CT molecular complexity index is 669. The second kappa shape index (κ2) is 6.03. The van der Waals surface area contributed by atoms with E-state index in [2.05, 4.69) is 21.9 Å². The van der Waals surface area contributed by atoms with E-state index in [-0.39, 0.29) is 6.04 Å². The minimum atomic E-state index is -0.398. The Kier molecular flexibility index (Phi) is 4.12. The van der Waals surface area contributed by atoms with Crippen LogP contribution in [-0.4, -0.2) is 36.5 Å². The first-order chi connectivity index (χ1) is 10.2. The maximum absolute atomic E-state index is 9.64. The molecule has 0 radical (unpaired) electrons. The number of nitrogen functional groups attached to an aromatic ring is 1. The number of aliphatic hydroxyl groups is 1. The molecule has 0 saturated carbocycles. The average Bonchev–Trinajstić information content (AvgIpc) is 3.05. The van der Waals surface area contributed by atoms with Gasteiger partial charge < -0.3 is 15.4 Å². The lowest BCUT2D eigenvalue weighted by Crippen LogP contribution is -2.08. The molecule has 0 spiro atoms. The highest BCUT2D eigenvalue weighted by atomic mass is 32.2. The second-order valence-electron chi connectivity index (χ2n) is 5.17. The number of hydrogen-bond donors (Lipinski definition) is 2. The lowest BCUT2D eigenvalue weighted by Gasteiger charge is -2.11. The lowest BCUT2D eigenvalue weighted by atomic mass is 10.2. The summed E-state index contributed by atoms with van der Waals surface area (Å²) >= 11 is 1.62. The molecule has 7 heteroatoms. The SMILES string of the molecule is CCCCSc1nc(N)c2ncn([C@H]3C=C[C@@H](O)C3)c2n1. The van der Waals surface area contributed by atoms with Gasteiger partial charge in [-0.15, -0.1) is 0 Å². The topological polar surface area (TPSA) is 89.8 Å². The van der Waals surface area contributed by atoms with E-state index in [1.807, 2.05) is 10.6 Å². The van der Waals surface area contributed by atoms with E-state index >= 15 is 0 Å². The number of hydrogen-bond acceptors (Lipinski definition) is 6. The van der Waals surface area contributed by atoms with Gasteiger partial charge in [0.15, 0.2) is 16.6 Å². The standard InChI is InChI=1S/C14H19N5OS/c1-2-3-6-21-14-17-12(15)11-13(18-14)19(8-16-11)9-4-5-10(20)7-9/h4-5,8-10,20H,2-3,6-7H2,1H3,(H2,15,17,18)/t9-,10+/m0/s1. The van der Waals surface area contributed by atoms with Crippen LogP contribution in [0.2, 0.25) is 0 Å². The molecule has 3 rings (SSSR count). The number of nitrogens with two attached hydrogens (primary N) is 1. The third kappa shape index (κ3) is 2.89. The van der Waals surface area contributed by atoms with Gasteiger partial charge in [-0.1, -0.05) is 37.3 Å². The fraction of sp³-hybridized carbons (Fsp3) is 0.500. The molecule has 1 aliphatic rings. The van der Waals surface area contributed by atoms with E-state index < -0.39 is 6.10 Å². The van der Waals surface area contributed by atoms with E-state index in [9.17, 15) is 5.11 Å². The molecule has 3 N–H and O–H groups in total. The molecule has 0 aliphatic heterocycles. The Morgan fingerprint density at radius 3 is 3.00 bits per heavy atom. The van der Waals surface area contributed by atoms with E-state index in [1.54, 1.807) is 24.2 Å². The average molecular weight is 305 g/mol. The predicted octanol–water partition coefficient (Wildman–Crippen LogP) is 2.16. The molecular weight excluding hydrogens is 286 g/mol. The normalized spacial score (nSPS) is 21.4. The highest BCUT2D eigenvalue weighted by Gasteiger charge is 2.21. The van der Waals surface area contributed by atoms with Crippen LogP contribution in [-0.2, 0) is 0 Å². The zero-order valence-electron chi connectivity index (χ0n) is 11.9. The van der Waals surface area contributed by atoms with Crippen molar-refractivity contribution in [1.29, 1.82) is 0 Å². The molecule has 112 valence electrons. The van der Waals surface area contributed by atoms with Gasteiger partial charge in [-0.05, 0) is 6.42 Å². The fourth-order valence-corrected chi connectivity index (χ4v) is 3.33. The van der Waals surface area contributed by atoms with Crippen LogP contribution in [0.15, 0.2) is 23.6 Å². The number of fused-ring (bicyclic) bond motifs is 1. The summed E-state index contributed by atoms with van der Waals surface area (Å²) in [6.07, 6.45) is 8.03. The van der Waals surface area contributed by atoms with Gasteiger partial charge in [-0.25, -0.2) is 15.0 Å². The predicted molar refractivity (Wildman–Crippen MR) is 84.2 cm³/mol. The molecular formula is C14H19N5OS. The molecule has 1 aliphatic carbocycles. The smallest absolute Gasteiger partial charge is 0.191 e. The maximum atomic E-state index is 9.64. The summed E-state index contributed by atoms with van der Waals surface area (Å²) in [5, 5.41) is 10.3. The van der Waals surface area contributed by atoms with E-state index in [4.69, 9.17) is 5.73 Å². The molecule has 0 amide bonds. The number of nitrogens with zero attached hydrogens (tertiary/aromatic N) is 4. The third-order valence-electron chi connectivity index (χ3n) is 3.55. The molecule has 6 nitrogen and oxygen atoms in total. The van der Waals surface area contributed by atoms with Gasteiger partial charge in [0.25, 0.3) is 0 Å². The van der Waals surface area contributed by atoms with Crippen LogP contribution >= 0.6 is 11.8 Å². The first-order valence-electron chi connectivity index (χ1n) is 7.18. The van der Waals surface area contributed by atoms with Crippen LogP contribution in [0.1, 0.15) is 32.2 Å². The van der Waals surface area contributed by atoms with Gasteiger partial charge in [-0.3, -0.25) is 0 Å². The second-order valence-corrected chi connectivity index (χ2v) is 6.23. The third-order valence-corrected chi connectivity index (χ3v) is 4.49. The Morgan fingerprint density at radius 1 is 1.43 bits per heavy atom. The lowest BCUT2D eigenvalue weighted by molar-refractivity contribution is 0.211. The first kappa shape index (κ1) is 14.3. The Hall–Kier alpha value is -1.60. The quantitative estimate of drug-likeness (QED) is 0.381. The summed E-state index contributed by atoms with van der Waals surface area (Å²) in [5.74, 6) is 1.40. The molecule has 0 unspecified atom stereocenters. The van der Waals surface area contributed by atoms with Gasteiger partial charge in [0.2, 0.25) is 0 Å². The highest BCUT2D eigenvalue weighted by Crippen LogP contribution is 2.29. The van der Waals surface area contributed by atoms with Crippen LogP contribution in [0.3, 0.4) is 0 Å². The summed E-state index contributed by atoms with van der Waals surface area (Å²) in [5.41, 5.74) is 7.36. The molecule has 2 aromatic rings. The van der Waals surface area contributed by atoms with Crippen molar-refractivity contribution in [1.82, 2.24) is 19.5 Å².